The molecular formula is C13H19N5OS. The van der Waals surface area contributed by atoms with E-state index in [1.807, 2.05) is 18.0 Å². The summed E-state index contributed by atoms with van der Waals surface area (Å²) in [6, 6.07) is 0.794. The summed E-state index contributed by atoms with van der Waals surface area (Å²) in [4.78, 5) is 13.8. The molecule has 108 valence electrons. The van der Waals surface area contributed by atoms with Crippen LogP contribution in [0.1, 0.15) is 12.0 Å². The van der Waals surface area contributed by atoms with Gasteiger partial charge in [0.05, 0.1) is 12.1 Å². The quantitative estimate of drug-likeness (QED) is 0.756. The summed E-state index contributed by atoms with van der Waals surface area (Å²) < 4.78 is 0. The van der Waals surface area contributed by atoms with Crippen molar-refractivity contribution < 1.29 is 5.11 Å². The second-order valence-electron chi connectivity index (χ2n) is 5.15. The number of hydrogen-bond acceptors (Lipinski definition) is 6. The van der Waals surface area contributed by atoms with E-state index in [1.165, 1.54) is 6.33 Å². The van der Waals surface area contributed by atoms with E-state index in [4.69, 9.17) is 5.73 Å². The molecule has 2 atom stereocenters. The number of aromatic nitrogens is 3. The van der Waals surface area contributed by atoms with E-state index in [-0.39, 0.29) is 12.6 Å². The van der Waals surface area contributed by atoms with Crippen molar-refractivity contribution in [1.29, 1.82) is 0 Å². The molecule has 0 saturated carbocycles. The lowest BCUT2D eigenvalue weighted by molar-refractivity contribution is -0.0123. The molecule has 2 aromatic heterocycles. The Kier molecular flexibility index (Phi) is 3.82. The number of aliphatic hydroxyl groups is 1. The fraction of sp³-hybridized carbons (Fsp3) is 0.538. The van der Waals surface area contributed by atoms with E-state index in [1.54, 1.807) is 0 Å². The summed E-state index contributed by atoms with van der Waals surface area (Å²) in [6.45, 7) is 0.997. The van der Waals surface area contributed by atoms with Gasteiger partial charge in [-0.2, -0.15) is 11.8 Å². The van der Waals surface area contributed by atoms with Crippen LogP contribution in [0.4, 0.5) is 5.82 Å². The van der Waals surface area contributed by atoms with Crippen molar-refractivity contribution >= 4 is 28.6 Å². The zero-order valence-corrected chi connectivity index (χ0v) is 12.2. The van der Waals surface area contributed by atoms with Crippen LogP contribution in [0, 0.1) is 0 Å². The highest BCUT2D eigenvalue weighted by atomic mass is 32.2. The van der Waals surface area contributed by atoms with Crippen LogP contribution in [-0.4, -0.2) is 55.7 Å². The summed E-state index contributed by atoms with van der Waals surface area (Å²) in [5.41, 5.74) is 8.62. The highest BCUT2D eigenvalue weighted by Crippen LogP contribution is 2.31. The number of nitrogens with one attached hydrogen (secondary N) is 1. The van der Waals surface area contributed by atoms with Crippen molar-refractivity contribution in [3.63, 3.8) is 0 Å². The smallest absolute Gasteiger partial charge is 0.151 e. The van der Waals surface area contributed by atoms with Crippen LogP contribution in [0.2, 0.25) is 0 Å². The van der Waals surface area contributed by atoms with Gasteiger partial charge in [0.1, 0.15) is 11.8 Å². The number of nitrogens with two attached hydrogens (primary N) is 1. The summed E-state index contributed by atoms with van der Waals surface area (Å²) in [6.07, 6.45) is 6.62. The Labute approximate surface area is 121 Å². The minimum atomic E-state index is 0.213. The Morgan fingerprint density at radius 2 is 2.35 bits per heavy atom. The lowest BCUT2D eigenvalue weighted by Gasteiger charge is -2.47. The van der Waals surface area contributed by atoms with Crippen molar-refractivity contribution in [1.82, 2.24) is 19.9 Å². The fourth-order valence-electron chi connectivity index (χ4n) is 2.87. The number of rotatable bonds is 5. The van der Waals surface area contributed by atoms with Gasteiger partial charge < -0.3 is 15.8 Å². The van der Waals surface area contributed by atoms with Gasteiger partial charge in [0, 0.05) is 36.1 Å². The van der Waals surface area contributed by atoms with Crippen LogP contribution >= 0.6 is 11.8 Å². The molecule has 1 aliphatic heterocycles. The van der Waals surface area contributed by atoms with Crippen molar-refractivity contribution in [2.45, 2.75) is 25.0 Å². The number of anilines is 1. The molecule has 0 bridgehead atoms. The van der Waals surface area contributed by atoms with E-state index >= 15 is 0 Å². The second-order valence-corrected chi connectivity index (χ2v) is 6.06. The summed E-state index contributed by atoms with van der Waals surface area (Å²) >= 11 is 1.84. The molecular weight excluding hydrogens is 274 g/mol. The Morgan fingerprint density at radius 3 is 3.10 bits per heavy atom. The molecule has 2 aromatic rings. The molecule has 0 spiro atoms. The molecule has 0 aromatic carbocycles. The molecule has 20 heavy (non-hydrogen) atoms. The van der Waals surface area contributed by atoms with Crippen LogP contribution in [0.15, 0.2) is 12.5 Å². The maximum absolute atomic E-state index is 9.43. The third kappa shape index (κ3) is 2.25. The first kappa shape index (κ1) is 13.7. The normalized spacial score (nSPS) is 23.1. The van der Waals surface area contributed by atoms with Crippen molar-refractivity contribution in [3.8, 4) is 0 Å². The predicted molar refractivity (Wildman–Crippen MR) is 81.5 cm³/mol. The first-order valence-corrected chi connectivity index (χ1v) is 8.06. The Balaban J connectivity index is 1.83. The third-order valence-electron chi connectivity index (χ3n) is 3.98. The summed E-state index contributed by atoms with van der Waals surface area (Å²) in [5.74, 6) is 1.57. The van der Waals surface area contributed by atoms with Crippen molar-refractivity contribution in [2.24, 2.45) is 0 Å². The zero-order valence-electron chi connectivity index (χ0n) is 11.4. The molecule has 0 radical (unpaired) electrons. The highest BCUT2D eigenvalue weighted by Gasteiger charge is 2.37. The highest BCUT2D eigenvalue weighted by molar-refractivity contribution is 7.98. The van der Waals surface area contributed by atoms with Gasteiger partial charge in [0.2, 0.25) is 0 Å². The van der Waals surface area contributed by atoms with Crippen LogP contribution in [0.25, 0.3) is 11.0 Å². The monoisotopic (exact) mass is 293 g/mol. The van der Waals surface area contributed by atoms with E-state index < -0.39 is 0 Å². The molecule has 3 rings (SSSR count). The van der Waals surface area contributed by atoms with Crippen LogP contribution in [-0.2, 0) is 6.54 Å². The van der Waals surface area contributed by atoms with Gasteiger partial charge in [-0.05, 0) is 12.7 Å². The molecule has 3 heterocycles. The Morgan fingerprint density at radius 1 is 1.50 bits per heavy atom. The van der Waals surface area contributed by atoms with E-state index in [9.17, 15) is 5.11 Å². The van der Waals surface area contributed by atoms with Crippen molar-refractivity contribution in [2.75, 3.05) is 24.3 Å². The molecule has 0 amide bonds. The third-order valence-corrected chi connectivity index (χ3v) is 4.69. The van der Waals surface area contributed by atoms with Crippen LogP contribution < -0.4 is 5.73 Å². The number of likely N-dealkylation sites (tertiary alicyclic amines) is 1. The minimum absolute atomic E-state index is 0.213. The van der Waals surface area contributed by atoms with Crippen LogP contribution in [0.5, 0.6) is 0 Å². The standard InChI is InChI=1S/C13H19N5OS/c1-20-6-10-2-9(5-19)18(10)4-8-3-15-12-11(8)16-7-17-13(12)14/h3,7,9-10,15,19H,2,4-6H2,1H3,(H2,14,16,17)/t9-,10-/m1/s1. The molecule has 0 unspecified atom stereocenters. The first-order chi connectivity index (χ1) is 9.74. The topological polar surface area (TPSA) is 91.1 Å². The molecule has 1 saturated heterocycles. The summed E-state index contributed by atoms with van der Waals surface area (Å²) in [7, 11) is 0. The van der Waals surface area contributed by atoms with E-state index in [2.05, 4.69) is 26.1 Å². The number of hydrogen-bond donors (Lipinski definition) is 3. The number of nitrogens with zero attached hydrogens (tertiary/aromatic N) is 3. The fourth-order valence-corrected chi connectivity index (χ4v) is 3.58. The molecule has 1 fully saturated rings. The van der Waals surface area contributed by atoms with Crippen LogP contribution in [0.3, 0.4) is 0 Å². The number of aromatic amines is 1. The van der Waals surface area contributed by atoms with Gasteiger partial charge in [0.25, 0.3) is 0 Å². The van der Waals surface area contributed by atoms with Gasteiger partial charge in [-0.1, -0.05) is 0 Å². The largest absolute Gasteiger partial charge is 0.395 e. The molecule has 7 heteroatoms. The average Bonchev–Trinajstić information content (AvgIpc) is 2.85. The number of nitrogen functional groups attached to an aromatic ring is 1. The number of aliphatic hydroxyl groups excluding tert-OH is 1. The van der Waals surface area contributed by atoms with Gasteiger partial charge >= 0.3 is 0 Å². The average molecular weight is 293 g/mol. The lowest BCUT2D eigenvalue weighted by Crippen LogP contribution is -2.57. The molecule has 0 aliphatic carbocycles. The molecule has 1 aliphatic rings. The summed E-state index contributed by atoms with van der Waals surface area (Å²) in [5, 5.41) is 9.43. The maximum Gasteiger partial charge on any atom is 0.151 e. The van der Waals surface area contributed by atoms with Gasteiger partial charge in [0.15, 0.2) is 5.82 Å². The number of H-pyrrole nitrogens is 1. The van der Waals surface area contributed by atoms with E-state index in [0.717, 1.165) is 35.3 Å². The second kappa shape index (κ2) is 5.59. The SMILES string of the molecule is CSC[C@H]1C[C@H](CO)N1Cc1c[nH]c2c(N)ncnc12. The van der Waals surface area contributed by atoms with Gasteiger partial charge in [-0.25, -0.2) is 9.97 Å². The predicted octanol–water partition coefficient (Wildman–Crippen LogP) is 0.838. The maximum atomic E-state index is 9.43. The minimum Gasteiger partial charge on any atom is -0.395 e. The Hall–Kier alpha value is -1.31. The zero-order chi connectivity index (χ0) is 14.1. The Bertz CT molecular complexity index is 601. The number of thioether (sulfide) groups is 1. The lowest BCUT2D eigenvalue weighted by atomic mass is 9.94. The molecule has 4 N–H and O–H groups in total. The first-order valence-electron chi connectivity index (χ1n) is 6.66. The van der Waals surface area contributed by atoms with Gasteiger partial charge in [-0.3, -0.25) is 4.90 Å². The number of fused-ring (bicyclic) bond motifs is 1. The molecule has 6 nitrogen and oxygen atoms in total. The van der Waals surface area contributed by atoms with E-state index in [0.29, 0.717) is 11.9 Å². The van der Waals surface area contributed by atoms with Gasteiger partial charge in [-0.15, -0.1) is 0 Å². The van der Waals surface area contributed by atoms with Crippen molar-refractivity contribution in [3.05, 3.63) is 18.1 Å².